The van der Waals surface area contributed by atoms with Gasteiger partial charge in [-0.25, -0.2) is 4.98 Å². The Hall–Kier alpha value is -2.68. The summed E-state index contributed by atoms with van der Waals surface area (Å²) < 4.78 is 0. The van der Waals surface area contributed by atoms with Crippen LogP contribution in [-0.4, -0.2) is 16.7 Å². The van der Waals surface area contributed by atoms with E-state index in [9.17, 15) is 0 Å². The van der Waals surface area contributed by atoms with Gasteiger partial charge in [0.05, 0.1) is 11.8 Å². The maximum absolute atomic E-state index is 4.93. The fourth-order valence-electron chi connectivity index (χ4n) is 2.92. The molecule has 2 heterocycles. The Morgan fingerprint density at radius 1 is 1.09 bits per heavy atom. The molecule has 0 fully saturated rings. The average Bonchev–Trinajstić information content (AvgIpc) is 2.94. The molecule has 0 saturated carbocycles. The molecular formula is C20H21N3. The lowest BCUT2D eigenvalue weighted by molar-refractivity contribution is 0.685. The van der Waals surface area contributed by atoms with Crippen LogP contribution >= 0.6 is 0 Å². The van der Waals surface area contributed by atoms with Gasteiger partial charge in [-0.05, 0) is 37.6 Å². The molecule has 0 bridgehead atoms. The van der Waals surface area contributed by atoms with Gasteiger partial charge >= 0.3 is 0 Å². The van der Waals surface area contributed by atoms with Gasteiger partial charge in [0.1, 0.15) is 12.0 Å². The highest BCUT2D eigenvalue weighted by molar-refractivity contribution is 6.04. The first kappa shape index (κ1) is 15.2. The molecule has 3 nitrogen and oxygen atoms in total. The lowest BCUT2D eigenvalue weighted by Gasteiger charge is -2.29. The maximum atomic E-state index is 4.93. The smallest absolute Gasteiger partial charge is 0.149 e. The van der Waals surface area contributed by atoms with E-state index >= 15 is 0 Å². The number of anilines is 1. The summed E-state index contributed by atoms with van der Waals surface area (Å²) in [5.74, 6) is 0.923. The topological polar surface area (TPSA) is 28.5 Å². The Morgan fingerprint density at radius 3 is 2.52 bits per heavy atom. The Morgan fingerprint density at radius 2 is 1.87 bits per heavy atom. The molecule has 0 N–H and O–H groups in total. The normalized spacial score (nSPS) is 20.8. The number of allylic oxidation sites excluding steroid dienone is 1. The van der Waals surface area contributed by atoms with Gasteiger partial charge in [0, 0.05) is 5.69 Å². The van der Waals surface area contributed by atoms with Gasteiger partial charge in [-0.15, -0.1) is 6.58 Å². The van der Waals surface area contributed by atoms with E-state index in [1.807, 2.05) is 62.4 Å². The lowest BCUT2D eigenvalue weighted by Crippen LogP contribution is -2.35. The first-order valence-corrected chi connectivity index (χ1v) is 7.84. The first-order valence-electron chi connectivity index (χ1n) is 7.84. The van der Waals surface area contributed by atoms with Crippen molar-refractivity contribution in [2.24, 2.45) is 4.99 Å². The van der Waals surface area contributed by atoms with Crippen LogP contribution in [0.25, 0.3) is 0 Å². The van der Waals surface area contributed by atoms with Crippen LogP contribution in [0, 0.1) is 6.92 Å². The number of rotatable bonds is 4. The van der Waals surface area contributed by atoms with Crippen molar-refractivity contribution in [1.82, 2.24) is 4.98 Å². The molecule has 3 heteroatoms. The number of aryl methyl sites for hydroxylation is 1. The average molecular weight is 303 g/mol. The Kier molecular flexibility index (Phi) is 4.38. The number of aliphatic imine (C=N–C) groups is 1. The largest absolute Gasteiger partial charge is 0.318 e. The van der Waals surface area contributed by atoms with Crippen molar-refractivity contribution in [3.05, 3.63) is 84.6 Å². The molecule has 1 aliphatic heterocycles. The molecule has 1 aliphatic rings. The van der Waals surface area contributed by atoms with Crippen LogP contribution in [0.3, 0.4) is 0 Å². The van der Waals surface area contributed by atoms with Gasteiger partial charge in [0.2, 0.25) is 0 Å². The van der Waals surface area contributed by atoms with Crippen molar-refractivity contribution in [3.63, 3.8) is 0 Å². The third kappa shape index (κ3) is 2.95. The molecular weight excluding hydrogens is 282 g/mol. The van der Waals surface area contributed by atoms with E-state index in [1.54, 1.807) is 0 Å². The predicted molar refractivity (Wildman–Crippen MR) is 96.9 cm³/mol. The van der Waals surface area contributed by atoms with Crippen LogP contribution in [0.15, 0.2) is 78.3 Å². The lowest BCUT2D eigenvalue weighted by atomic mass is 10.1. The molecule has 23 heavy (non-hydrogen) atoms. The number of nitrogens with zero attached hydrogens (tertiary/aromatic N) is 3. The quantitative estimate of drug-likeness (QED) is 0.779. The van der Waals surface area contributed by atoms with Crippen molar-refractivity contribution in [2.45, 2.75) is 26.1 Å². The summed E-state index contributed by atoms with van der Waals surface area (Å²) >= 11 is 0. The zero-order valence-corrected chi connectivity index (χ0v) is 13.6. The number of benzene rings is 1. The summed E-state index contributed by atoms with van der Waals surface area (Å²) in [5, 5.41) is 0. The molecule has 2 aromatic rings. The highest BCUT2D eigenvalue weighted by Gasteiger charge is 2.35. The van der Waals surface area contributed by atoms with E-state index in [2.05, 4.69) is 29.7 Å². The van der Waals surface area contributed by atoms with E-state index in [0.29, 0.717) is 0 Å². The second-order valence-corrected chi connectivity index (χ2v) is 5.56. The van der Waals surface area contributed by atoms with Crippen molar-refractivity contribution in [2.75, 3.05) is 4.90 Å². The van der Waals surface area contributed by atoms with E-state index < -0.39 is 0 Å². The molecule has 2 atom stereocenters. The van der Waals surface area contributed by atoms with Crippen molar-refractivity contribution in [3.8, 4) is 0 Å². The van der Waals surface area contributed by atoms with Crippen molar-refractivity contribution < 1.29 is 0 Å². The predicted octanol–water partition coefficient (Wildman–Crippen LogP) is 4.48. The number of pyridine rings is 1. The summed E-state index contributed by atoms with van der Waals surface area (Å²) in [7, 11) is 0. The second-order valence-electron chi connectivity index (χ2n) is 5.56. The van der Waals surface area contributed by atoms with Gasteiger partial charge in [0.15, 0.2) is 0 Å². The van der Waals surface area contributed by atoms with Gasteiger partial charge in [-0.2, -0.15) is 0 Å². The van der Waals surface area contributed by atoms with Crippen LogP contribution in [0.4, 0.5) is 5.82 Å². The van der Waals surface area contributed by atoms with E-state index in [4.69, 9.17) is 9.98 Å². The summed E-state index contributed by atoms with van der Waals surface area (Å²) in [4.78, 5) is 11.9. The van der Waals surface area contributed by atoms with Crippen LogP contribution in [0.2, 0.25) is 0 Å². The van der Waals surface area contributed by atoms with Crippen molar-refractivity contribution >= 4 is 11.5 Å². The Balaban J connectivity index is 2.11. The number of aromatic nitrogens is 1. The molecule has 3 rings (SSSR count). The van der Waals surface area contributed by atoms with Crippen molar-refractivity contribution in [1.29, 1.82) is 0 Å². The fraction of sp³-hybridized carbons (Fsp3) is 0.200. The van der Waals surface area contributed by atoms with Crippen LogP contribution in [0.1, 0.15) is 24.3 Å². The highest BCUT2D eigenvalue weighted by Crippen LogP contribution is 2.35. The van der Waals surface area contributed by atoms with E-state index in [-0.39, 0.29) is 12.2 Å². The van der Waals surface area contributed by atoms with Gasteiger partial charge in [0.25, 0.3) is 0 Å². The zero-order chi connectivity index (χ0) is 16.2. The number of hydrogen-bond acceptors (Lipinski definition) is 3. The van der Waals surface area contributed by atoms with Gasteiger partial charge in [-0.3, -0.25) is 4.99 Å². The number of hydrogen-bond donors (Lipinski definition) is 0. The van der Waals surface area contributed by atoms with Crippen LogP contribution in [0.5, 0.6) is 0 Å². The highest BCUT2D eigenvalue weighted by atomic mass is 15.3. The molecule has 0 spiro atoms. The monoisotopic (exact) mass is 303 g/mol. The molecule has 0 amide bonds. The summed E-state index contributed by atoms with van der Waals surface area (Å²) in [5.41, 5.74) is 3.17. The Labute approximate surface area is 137 Å². The zero-order valence-electron chi connectivity index (χ0n) is 13.6. The van der Waals surface area contributed by atoms with Gasteiger partial charge < -0.3 is 4.90 Å². The minimum Gasteiger partial charge on any atom is -0.318 e. The Bertz CT molecular complexity index is 746. The van der Waals surface area contributed by atoms with Gasteiger partial charge in [-0.1, -0.05) is 48.6 Å². The SMILES string of the molecule is C=CC1C(/C=C\C)=NC(c2ccccc2)N1c1cccc(C)n1. The molecule has 0 saturated heterocycles. The third-order valence-electron chi connectivity index (χ3n) is 3.93. The molecule has 1 aromatic heterocycles. The first-order chi connectivity index (χ1) is 11.2. The molecule has 0 radical (unpaired) electrons. The third-order valence-corrected chi connectivity index (χ3v) is 3.93. The molecule has 116 valence electrons. The molecule has 2 unspecified atom stereocenters. The van der Waals surface area contributed by atoms with E-state index in [1.165, 1.54) is 0 Å². The minimum atomic E-state index is -0.0836. The molecule has 1 aromatic carbocycles. The van der Waals surface area contributed by atoms with Crippen LogP contribution < -0.4 is 4.90 Å². The maximum Gasteiger partial charge on any atom is 0.149 e. The fourth-order valence-corrected chi connectivity index (χ4v) is 2.92. The summed E-state index contributed by atoms with van der Waals surface area (Å²) in [6.45, 7) is 8.03. The standard InChI is InChI=1S/C20H21N3/c1-4-10-17-18(5-2)23(19-14-9-11-15(3)21-19)20(22-17)16-12-7-6-8-13-16/h4-14,18,20H,2H2,1,3H3/b10-4-. The second kappa shape index (κ2) is 6.61. The summed E-state index contributed by atoms with van der Waals surface area (Å²) in [6.07, 6.45) is 5.92. The minimum absolute atomic E-state index is 0.0192. The molecule has 0 aliphatic carbocycles. The van der Waals surface area contributed by atoms with Crippen LogP contribution in [-0.2, 0) is 0 Å². The van der Waals surface area contributed by atoms with E-state index in [0.717, 1.165) is 22.8 Å². The summed E-state index contributed by atoms with van der Waals surface area (Å²) in [6, 6.07) is 16.4.